The van der Waals surface area contributed by atoms with Crippen molar-refractivity contribution in [3.05, 3.63) is 53.7 Å². The maximum Gasteiger partial charge on any atom is 0.291 e. The third-order valence-corrected chi connectivity index (χ3v) is 4.68. The molecule has 140 valence electrons. The van der Waals surface area contributed by atoms with Gasteiger partial charge in [-0.1, -0.05) is 6.42 Å². The van der Waals surface area contributed by atoms with E-state index in [1.807, 2.05) is 24.3 Å². The number of furan rings is 1. The van der Waals surface area contributed by atoms with Gasteiger partial charge in [-0.25, -0.2) is 0 Å². The van der Waals surface area contributed by atoms with Crippen LogP contribution in [-0.4, -0.2) is 27.8 Å². The molecule has 27 heavy (non-hydrogen) atoms. The number of fused-ring (bicyclic) bond motifs is 1. The largest absolute Gasteiger partial charge is 0.453 e. The molecule has 0 saturated carbocycles. The summed E-state index contributed by atoms with van der Waals surface area (Å²) in [5.41, 5.74) is 1.69. The number of nitrogens with zero attached hydrogens (tertiary/aromatic N) is 3. The molecule has 0 aliphatic carbocycles. The number of carbonyl (C=O) groups excluding carboxylic acids is 1. The predicted octanol–water partition coefficient (Wildman–Crippen LogP) is 3.66. The molecule has 1 amide bonds. The van der Waals surface area contributed by atoms with Crippen molar-refractivity contribution in [2.45, 2.75) is 38.8 Å². The Morgan fingerprint density at radius 2 is 2.00 bits per heavy atom. The van der Waals surface area contributed by atoms with E-state index in [-0.39, 0.29) is 11.7 Å². The first-order valence-electron chi connectivity index (χ1n) is 9.16. The molecule has 0 saturated heterocycles. The molecule has 0 bridgehead atoms. The molecule has 0 radical (unpaired) electrons. The number of benzene rings is 1. The Kier molecular flexibility index (Phi) is 5.02. The van der Waals surface area contributed by atoms with E-state index in [0.29, 0.717) is 18.1 Å². The summed E-state index contributed by atoms with van der Waals surface area (Å²) in [6.45, 7) is 1.29. The lowest BCUT2D eigenvalue weighted by Gasteiger charge is -2.08. The van der Waals surface area contributed by atoms with Gasteiger partial charge in [0, 0.05) is 31.3 Å². The fourth-order valence-corrected chi connectivity index (χ4v) is 3.31. The lowest BCUT2D eigenvalue weighted by atomic mass is 10.2. The topological polar surface area (TPSA) is 82.2 Å². The molecule has 0 unspecified atom stereocenters. The monoisotopic (exact) mass is 366 g/mol. The highest BCUT2D eigenvalue weighted by molar-refractivity contribution is 6.02. The Labute approximate surface area is 157 Å². The molecule has 3 aromatic rings. The minimum Gasteiger partial charge on any atom is -0.453 e. The Balaban J connectivity index is 1.47. The fraction of sp³-hybridized carbons (Fsp3) is 0.350. The van der Waals surface area contributed by atoms with Crippen molar-refractivity contribution in [2.24, 2.45) is 0 Å². The summed E-state index contributed by atoms with van der Waals surface area (Å²) in [7, 11) is 1.58. The minimum absolute atomic E-state index is 0.258. The van der Waals surface area contributed by atoms with Gasteiger partial charge in [-0.2, -0.15) is 0 Å². The number of aryl methyl sites for hydroxylation is 1. The van der Waals surface area contributed by atoms with Gasteiger partial charge in [0.25, 0.3) is 5.91 Å². The van der Waals surface area contributed by atoms with Crippen LogP contribution in [0.5, 0.6) is 0 Å². The normalized spacial score (nSPS) is 13.8. The van der Waals surface area contributed by atoms with Crippen molar-refractivity contribution in [2.75, 3.05) is 12.4 Å². The van der Waals surface area contributed by atoms with Crippen LogP contribution < -0.4 is 5.32 Å². The van der Waals surface area contributed by atoms with Crippen LogP contribution in [0.25, 0.3) is 11.4 Å². The molecule has 0 fully saturated rings. The summed E-state index contributed by atoms with van der Waals surface area (Å²) in [5, 5.41) is 11.6. The van der Waals surface area contributed by atoms with Crippen LogP contribution in [0.3, 0.4) is 0 Å². The second-order valence-corrected chi connectivity index (χ2v) is 6.63. The zero-order valence-electron chi connectivity index (χ0n) is 15.3. The highest BCUT2D eigenvalue weighted by atomic mass is 16.5. The standard InChI is InChI=1S/C20H22N4O3/c1-26-13-16-10-11-17(27-16)20(25)21-15-8-6-14(7-9-15)19-23-22-18-5-3-2-4-12-24(18)19/h6-11H,2-5,12-13H2,1H3,(H,21,25). The zero-order chi connectivity index (χ0) is 18.6. The number of carbonyl (C=O) groups is 1. The van der Waals surface area contributed by atoms with Crippen molar-refractivity contribution < 1.29 is 13.9 Å². The summed E-state index contributed by atoms with van der Waals surface area (Å²) >= 11 is 0. The molecule has 1 aromatic carbocycles. The van der Waals surface area contributed by atoms with E-state index in [2.05, 4.69) is 20.1 Å². The number of aromatic nitrogens is 3. The molecule has 1 aliphatic heterocycles. The van der Waals surface area contributed by atoms with Gasteiger partial charge in [0.2, 0.25) is 0 Å². The Morgan fingerprint density at radius 3 is 2.81 bits per heavy atom. The van der Waals surface area contributed by atoms with Gasteiger partial charge >= 0.3 is 0 Å². The molecule has 1 aliphatic rings. The number of anilines is 1. The summed E-state index contributed by atoms with van der Waals surface area (Å²) in [4.78, 5) is 12.3. The van der Waals surface area contributed by atoms with Gasteiger partial charge in [-0.15, -0.1) is 10.2 Å². The van der Waals surface area contributed by atoms with E-state index >= 15 is 0 Å². The molecule has 2 aromatic heterocycles. The number of amides is 1. The Morgan fingerprint density at radius 1 is 1.15 bits per heavy atom. The maximum atomic E-state index is 12.3. The molecule has 7 heteroatoms. The third kappa shape index (κ3) is 3.78. The van der Waals surface area contributed by atoms with Gasteiger partial charge in [0.05, 0.1) is 0 Å². The van der Waals surface area contributed by atoms with Crippen LogP contribution >= 0.6 is 0 Å². The van der Waals surface area contributed by atoms with Gasteiger partial charge in [0.1, 0.15) is 18.2 Å². The lowest BCUT2D eigenvalue weighted by Crippen LogP contribution is -2.10. The number of hydrogen-bond acceptors (Lipinski definition) is 5. The van der Waals surface area contributed by atoms with Gasteiger partial charge in [0.15, 0.2) is 11.6 Å². The number of nitrogens with one attached hydrogen (secondary N) is 1. The fourth-order valence-electron chi connectivity index (χ4n) is 3.31. The average molecular weight is 366 g/mol. The molecule has 1 N–H and O–H groups in total. The summed E-state index contributed by atoms with van der Waals surface area (Å²) < 4.78 is 12.7. The first-order chi connectivity index (χ1) is 13.2. The van der Waals surface area contributed by atoms with E-state index in [9.17, 15) is 4.79 Å². The molecule has 4 rings (SSSR count). The smallest absolute Gasteiger partial charge is 0.291 e. The van der Waals surface area contributed by atoms with Crippen molar-refractivity contribution in [1.29, 1.82) is 0 Å². The lowest BCUT2D eigenvalue weighted by molar-refractivity contribution is 0.0987. The molecule has 0 spiro atoms. The van der Waals surface area contributed by atoms with Crippen LogP contribution in [-0.2, 0) is 24.3 Å². The number of methoxy groups -OCH3 is 1. The Hall–Kier alpha value is -2.93. The third-order valence-electron chi connectivity index (χ3n) is 4.68. The van der Waals surface area contributed by atoms with Gasteiger partial charge in [-0.05, 0) is 49.2 Å². The number of hydrogen-bond donors (Lipinski definition) is 1. The first-order valence-corrected chi connectivity index (χ1v) is 9.16. The minimum atomic E-state index is -0.290. The Bertz CT molecular complexity index is 927. The van der Waals surface area contributed by atoms with Crippen molar-refractivity contribution >= 4 is 11.6 Å². The van der Waals surface area contributed by atoms with Crippen LogP contribution in [0.4, 0.5) is 5.69 Å². The van der Waals surface area contributed by atoms with Crippen LogP contribution in [0.2, 0.25) is 0 Å². The predicted molar refractivity (Wildman–Crippen MR) is 100 cm³/mol. The second kappa shape index (κ2) is 7.75. The highest BCUT2D eigenvalue weighted by Gasteiger charge is 2.16. The molecule has 7 nitrogen and oxygen atoms in total. The molecule has 0 atom stereocenters. The van der Waals surface area contributed by atoms with Gasteiger partial charge < -0.3 is 19.0 Å². The van der Waals surface area contributed by atoms with Crippen molar-refractivity contribution in [3.8, 4) is 11.4 Å². The van der Waals surface area contributed by atoms with Crippen LogP contribution in [0.1, 0.15) is 41.4 Å². The maximum absolute atomic E-state index is 12.3. The SMILES string of the molecule is COCc1ccc(C(=O)Nc2ccc(-c3nnc4n3CCCCC4)cc2)o1. The zero-order valence-corrected chi connectivity index (χ0v) is 15.3. The summed E-state index contributed by atoms with van der Waals surface area (Å²) in [6.07, 6.45) is 4.53. The second-order valence-electron chi connectivity index (χ2n) is 6.63. The van der Waals surface area contributed by atoms with Gasteiger partial charge in [-0.3, -0.25) is 4.79 Å². The van der Waals surface area contributed by atoms with Crippen LogP contribution in [0, 0.1) is 0 Å². The van der Waals surface area contributed by atoms with E-state index in [1.54, 1.807) is 19.2 Å². The quantitative estimate of drug-likeness (QED) is 0.745. The summed E-state index contributed by atoms with van der Waals surface area (Å²) in [6, 6.07) is 11.0. The average Bonchev–Trinajstić information content (AvgIpc) is 3.24. The molecular weight excluding hydrogens is 344 g/mol. The van der Waals surface area contributed by atoms with Crippen LogP contribution in [0.15, 0.2) is 40.8 Å². The van der Waals surface area contributed by atoms with Crippen molar-refractivity contribution in [1.82, 2.24) is 14.8 Å². The number of ether oxygens (including phenoxy) is 1. The highest BCUT2D eigenvalue weighted by Crippen LogP contribution is 2.24. The number of rotatable bonds is 5. The van der Waals surface area contributed by atoms with E-state index in [0.717, 1.165) is 36.6 Å². The molecule has 3 heterocycles. The van der Waals surface area contributed by atoms with Crippen molar-refractivity contribution in [3.63, 3.8) is 0 Å². The van der Waals surface area contributed by atoms with E-state index in [1.165, 1.54) is 12.8 Å². The van der Waals surface area contributed by atoms with E-state index in [4.69, 9.17) is 9.15 Å². The first kappa shape index (κ1) is 17.5. The molecular formula is C20H22N4O3. The summed E-state index contributed by atoms with van der Waals surface area (Å²) in [5.74, 6) is 2.53. The van der Waals surface area contributed by atoms with E-state index < -0.39 is 0 Å².